The molecular weight excluding hydrogens is 224 g/mol. The minimum atomic E-state index is 0.122. The molecule has 0 spiro atoms. The molecule has 1 saturated carbocycles. The molecule has 1 aromatic heterocycles. The zero-order valence-corrected chi connectivity index (χ0v) is 10.4. The Bertz CT molecular complexity index is 538. The van der Waals surface area contributed by atoms with Crippen molar-refractivity contribution in [2.75, 3.05) is 7.05 Å². The second-order valence-corrected chi connectivity index (χ2v) is 4.78. The van der Waals surface area contributed by atoms with Crippen molar-refractivity contribution in [2.24, 2.45) is 0 Å². The van der Waals surface area contributed by atoms with Crippen molar-refractivity contribution in [1.29, 1.82) is 0 Å². The first kappa shape index (κ1) is 11.1. The van der Waals surface area contributed by atoms with Crippen molar-refractivity contribution in [2.45, 2.75) is 18.9 Å². The molecule has 0 radical (unpaired) electrons. The van der Waals surface area contributed by atoms with Gasteiger partial charge in [-0.15, -0.1) is 0 Å². The Morgan fingerprint density at radius 1 is 1.17 bits per heavy atom. The van der Waals surface area contributed by atoms with E-state index < -0.39 is 0 Å². The zero-order chi connectivity index (χ0) is 12.5. The largest absolute Gasteiger partial charge is 0.339 e. The molecule has 0 saturated heterocycles. The van der Waals surface area contributed by atoms with Crippen LogP contribution >= 0.6 is 0 Å². The highest BCUT2D eigenvalue weighted by Crippen LogP contribution is 2.26. The van der Waals surface area contributed by atoms with Crippen LogP contribution in [0.15, 0.2) is 48.8 Å². The highest BCUT2D eigenvalue weighted by molar-refractivity contribution is 5.94. The smallest absolute Gasteiger partial charge is 0.253 e. The Morgan fingerprint density at radius 2 is 1.78 bits per heavy atom. The summed E-state index contributed by atoms with van der Waals surface area (Å²) in [5, 5.41) is 0. The standard InChI is InChI=1S/C15H16N2O/c1-16(13-8-9-13)15(18)12-4-6-14(7-5-12)17-10-2-3-11-17/h2-7,10-11,13H,8-9H2,1H3. The van der Waals surface area contributed by atoms with Gasteiger partial charge in [-0.25, -0.2) is 0 Å². The van der Waals surface area contributed by atoms with Crippen LogP contribution in [0.3, 0.4) is 0 Å². The summed E-state index contributed by atoms with van der Waals surface area (Å²) >= 11 is 0. The van der Waals surface area contributed by atoms with Crippen LogP contribution in [0.4, 0.5) is 0 Å². The molecule has 1 aromatic carbocycles. The molecule has 3 heteroatoms. The third-order valence-electron chi connectivity index (χ3n) is 3.43. The summed E-state index contributed by atoms with van der Waals surface area (Å²) < 4.78 is 2.03. The Hall–Kier alpha value is -2.03. The first-order valence-corrected chi connectivity index (χ1v) is 6.26. The molecule has 3 rings (SSSR count). The van der Waals surface area contributed by atoms with Gasteiger partial charge in [0.15, 0.2) is 0 Å². The summed E-state index contributed by atoms with van der Waals surface area (Å²) in [5.74, 6) is 0.122. The van der Waals surface area contributed by atoms with Crippen LogP contribution in [0.25, 0.3) is 5.69 Å². The average Bonchev–Trinajstić information content (AvgIpc) is 3.12. The van der Waals surface area contributed by atoms with Crippen LogP contribution in [0, 0.1) is 0 Å². The van der Waals surface area contributed by atoms with Gasteiger partial charge in [-0.3, -0.25) is 4.79 Å². The summed E-state index contributed by atoms with van der Waals surface area (Å²) in [5.41, 5.74) is 1.84. The predicted octanol–water partition coefficient (Wildman–Crippen LogP) is 2.71. The molecule has 2 aromatic rings. The van der Waals surface area contributed by atoms with Crippen LogP contribution in [-0.4, -0.2) is 28.5 Å². The van der Waals surface area contributed by atoms with Gasteiger partial charge in [0, 0.05) is 36.7 Å². The molecular formula is C15H16N2O. The molecule has 1 aliphatic rings. The van der Waals surface area contributed by atoms with Gasteiger partial charge in [0.05, 0.1) is 0 Å². The fourth-order valence-corrected chi connectivity index (χ4v) is 2.11. The molecule has 1 fully saturated rings. The first-order valence-electron chi connectivity index (χ1n) is 6.26. The lowest BCUT2D eigenvalue weighted by Crippen LogP contribution is -2.28. The zero-order valence-electron chi connectivity index (χ0n) is 10.4. The summed E-state index contributed by atoms with van der Waals surface area (Å²) in [6.07, 6.45) is 6.27. The normalized spacial score (nSPS) is 14.5. The van der Waals surface area contributed by atoms with Crippen LogP contribution in [-0.2, 0) is 0 Å². The Kier molecular flexibility index (Phi) is 2.67. The number of aromatic nitrogens is 1. The number of carbonyl (C=O) groups is 1. The maximum atomic E-state index is 12.1. The van der Waals surface area contributed by atoms with E-state index in [0.29, 0.717) is 6.04 Å². The average molecular weight is 240 g/mol. The van der Waals surface area contributed by atoms with Crippen LogP contribution in [0.2, 0.25) is 0 Å². The van der Waals surface area contributed by atoms with E-state index in [1.165, 1.54) is 0 Å². The van der Waals surface area contributed by atoms with E-state index >= 15 is 0 Å². The van der Waals surface area contributed by atoms with E-state index in [-0.39, 0.29) is 5.91 Å². The number of benzene rings is 1. The Balaban J connectivity index is 1.80. The van der Waals surface area contributed by atoms with E-state index in [2.05, 4.69) is 0 Å². The van der Waals surface area contributed by atoms with Crippen molar-refractivity contribution in [3.8, 4) is 5.69 Å². The second-order valence-electron chi connectivity index (χ2n) is 4.78. The summed E-state index contributed by atoms with van der Waals surface area (Å²) in [7, 11) is 1.89. The van der Waals surface area contributed by atoms with Crippen molar-refractivity contribution >= 4 is 5.91 Å². The highest BCUT2D eigenvalue weighted by Gasteiger charge is 2.29. The van der Waals surface area contributed by atoms with Gasteiger partial charge in [0.2, 0.25) is 0 Å². The van der Waals surface area contributed by atoms with Gasteiger partial charge >= 0.3 is 0 Å². The molecule has 1 heterocycles. The van der Waals surface area contributed by atoms with Crippen molar-refractivity contribution in [3.05, 3.63) is 54.4 Å². The number of carbonyl (C=O) groups excluding carboxylic acids is 1. The van der Waals surface area contributed by atoms with Gasteiger partial charge in [-0.05, 0) is 49.2 Å². The van der Waals surface area contributed by atoms with Crippen LogP contribution in [0.5, 0.6) is 0 Å². The van der Waals surface area contributed by atoms with Gasteiger partial charge in [0.25, 0.3) is 5.91 Å². The van der Waals surface area contributed by atoms with Gasteiger partial charge in [0.1, 0.15) is 0 Å². The van der Waals surface area contributed by atoms with E-state index in [1.54, 1.807) is 0 Å². The molecule has 0 bridgehead atoms. The van der Waals surface area contributed by atoms with E-state index in [0.717, 1.165) is 24.1 Å². The maximum Gasteiger partial charge on any atom is 0.253 e. The maximum absolute atomic E-state index is 12.1. The molecule has 0 atom stereocenters. The Morgan fingerprint density at radius 3 is 2.33 bits per heavy atom. The lowest BCUT2D eigenvalue weighted by molar-refractivity contribution is 0.0785. The van der Waals surface area contributed by atoms with Gasteiger partial charge in [-0.2, -0.15) is 0 Å². The minimum Gasteiger partial charge on any atom is -0.339 e. The van der Waals surface area contributed by atoms with Gasteiger partial charge < -0.3 is 9.47 Å². The molecule has 0 aliphatic heterocycles. The SMILES string of the molecule is CN(C(=O)c1ccc(-n2cccc2)cc1)C1CC1. The fourth-order valence-electron chi connectivity index (χ4n) is 2.11. The molecule has 1 aliphatic carbocycles. The second kappa shape index (κ2) is 4.33. The highest BCUT2D eigenvalue weighted by atomic mass is 16.2. The lowest BCUT2D eigenvalue weighted by Gasteiger charge is -2.16. The summed E-state index contributed by atoms with van der Waals surface area (Å²) in [4.78, 5) is 14.0. The third kappa shape index (κ3) is 2.04. The van der Waals surface area contributed by atoms with E-state index in [1.807, 2.05) is 65.3 Å². The number of hydrogen-bond acceptors (Lipinski definition) is 1. The van der Waals surface area contributed by atoms with Crippen molar-refractivity contribution < 1.29 is 4.79 Å². The molecule has 0 N–H and O–H groups in total. The van der Waals surface area contributed by atoms with Gasteiger partial charge in [-0.1, -0.05) is 0 Å². The quantitative estimate of drug-likeness (QED) is 0.809. The summed E-state index contributed by atoms with van der Waals surface area (Å²) in [6.45, 7) is 0. The minimum absolute atomic E-state index is 0.122. The van der Waals surface area contributed by atoms with E-state index in [4.69, 9.17) is 0 Å². The molecule has 18 heavy (non-hydrogen) atoms. The molecule has 3 nitrogen and oxygen atoms in total. The monoisotopic (exact) mass is 240 g/mol. The third-order valence-corrected chi connectivity index (χ3v) is 3.43. The lowest BCUT2D eigenvalue weighted by atomic mass is 10.2. The number of amides is 1. The number of nitrogens with zero attached hydrogens (tertiary/aromatic N) is 2. The van der Waals surface area contributed by atoms with Crippen LogP contribution in [0.1, 0.15) is 23.2 Å². The summed E-state index contributed by atoms with van der Waals surface area (Å²) in [6, 6.07) is 12.2. The number of rotatable bonds is 3. The van der Waals surface area contributed by atoms with Crippen molar-refractivity contribution in [3.63, 3.8) is 0 Å². The van der Waals surface area contributed by atoms with Crippen LogP contribution < -0.4 is 0 Å². The number of hydrogen-bond donors (Lipinski definition) is 0. The molecule has 0 unspecified atom stereocenters. The fraction of sp³-hybridized carbons (Fsp3) is 0.267. The van der Waals surface area contributed by atoms with Crippen molar-refractivity contribution in [1.82, 2.24) is 9.47 Å². The van der Waals surface area contributed by atoms with E-state index in [9.17, 15) is 4.79 Å². The predicted molar refractivity (Wildman–Crippen MR) is 70.9 cm³/mol. The molecule has 1 amide bonds. The molecule has 92 valence electrons. The first-order chi connectivity index (χ1) is 8.75. The Labute approximate surface area is 107 Å². The topological polar surface area (TPSA) is 25.2 Å².